The van der Waals surface area contributed by atoms with E-state index in [1.54, 1.807) is 13.2 Å². The lowest BCUT2D eigenvalue weighted by Gasteiger charge is -2.37. The van der Waals surface area contributed by atoms with Crippen molar-refractivity contribution in [3.63, 3.8) is 0 Å². The number of piperidine rings is 1. The summed E-state index contributed by atoms with van der Waals surface area (Å²) in [6.45, 7) is 1.49. The fourth-order valence-electron chi connectivity index (χ4n) is 3.02. The van der Waals surface area contributed by atoms with Crippen molar-refractivity contribution >= 4 is 11.8 Å². The molecule has 0 bridgehead atoms. The van der Waals surface area contributed by atoms with Gasteiger partial charge < -0.3 is 14.7 Å². The van der Waals surface area contributed by atoms with Crippen LogP contribution in [0.25, 0.3) is 0 Å². The van der Waals surface area contributed by atoms with E-state index in [1.807, 2.05) is 0 Å². The van der Waals surface area contributed by atoms with Crippen LogP contribution in [0.2, 0.25) is 0 Å². The van der Waals surface area contributed by atoms with Gasteiger partial charge in [-0.25, -0.2) is 9.97 Å². The van der Waals surface area contributed by atoms with Gasteiger partial charge in [-0.1, -0.05) is 0 Å². The van der Waals surface area contributed by atoms with Gasteiger partial charge in [-0.2, -0.15) is 0 Å². The van der Waals surface area contributed by atoms with Crippen LogP contribution in [0.1, 0.15) is 19.3 Å². The number of carboxylic acids is 1. The molecule has 2 heterocycles. The molecule has 0 amide bonds. The van der Waals surface area contributed by atoms with E-state index in [1.165, 1.54) is 6.33 Å². The van der Waals surface area contributed by atoms with E-state index in [9.17, 15) is 9.90 Å². The van der Waals surface area contributed by atoms with Crippen LogP contribution < -0.4 is 9.64 Å². The molecule has 1 N–H and O–H groups in total. The Morgan fingerprint density at radius 1 is 1.53 bits per heavy atom. The average molecular weight is 263 g/mol. The Morgan fingerprint density at radius 2 is 2.32 bits per heavy atom. The third-order valence-corrected chi connectivity index (χ3v) is 4.28. The molecular weight excluding hydrogens is 246 g/mol. The Morgan fingerprint density at radius 3 is 2.95 bits per heavy atom. The highest BCUT2D eigenvalue weighted by atomic mass is 16.5. The second-order valence-electron chi connectivity index (χ2n) is 5.38. The molecule has 102 valence electrons. The highest BCUT2D eigenvalue weighted by Crippen LogP contribution is 2.56. The van der Waals surface area contributed by atoms with E-state index in [-0.39, 0.29) is 11.3 Å². The van der Waals surface area contributed by atoms with Crippen LogP contribution in [-0.4, -0.2) is 41.2 Å². The van der Waals surface area contributed by atoms with Crippen molar-refractivity contribution in [2.24, 2.45) is 11.3 Å². The van der Waals surface area contributed by atoms with Gasteiger partial charge in [0, 0.05) is 24.6 Å². The number of carboxylic acid groups (broad SMARTS) is 1. The number of anilines is 1. The smallest absolute Gasteiger partial charge is 0.307 e. The molecule has 2 aliphatic rings. The lowest BCUT2D eigenvalue weighted by molar-refractivity contribution is -0.144. The molecule has 1 aromatic heterocycles. The number of hydrogen-bond donors (Lipinski definition) is 1. The van der Waals surface area contributed by atoms with Gasteiger partial charge in [0.05, 0.1) is 13.0 Å². The molecule has 1 aliphatic heterocycles. The summed E-state index contributed by atoms with van der Waals surface area (Å²) in [5.74, 6) is 0.502. The standard InChI is InChI=1S/C13H17N3O3/c1-19-11-6-10(14-8-15-11)16-5-2-9(12(17)18)13(7-16)3-4-13/h6,8-9H,2-5,7H2,1H3,(H,17,18). The summed E-state index contributed by atoms with van der Waals surface area (Å²) in [6, 6.07) is 1.80. The maximum atomic E-state index is 11.3. The minimum absolute atomic E-state index is 0.0394. The van der Waals surface area contributed by atoms with E-state index in [0.717, 1.165) is 31.7 Å². The van der Waals surface area contributed by atoms with Crippen LogP contribution in [0.4, 0.5) is 5.82 Å². The molecule has 2 fully saturated rings. The summed E-state index contributed by atoms with van der Waals surface area (Å²) in [5, 5.41) is 9.29. The highest BCUT2D eigenvalue weighted by molar-refractivity contribution is 5.72. The van der Waals surface area contributed by atoms with Crippen LogP contribution in [0.5, 0.6) is 5.88 Å². The van der Waals surface area contributed by atoms with Crippen LogP contribution >= 0.6 is 0 Å². The summed E-state index contributed by atoms with van der Waals surface area (Å²) >= 11 is 0. The first-order valence-corrected chi connectivity index (χ1v) is 6.48. The van der Waals surface area contributed by atoms with E-state index in [4.69, 9.17) is 4.74 Å². The van der Waals surface area contributed by atoms with E-state index in [0.29, 0.717) is 12.3 Å². The second-order valence-corrected chi connectivity index (χ2v) is 5.38. The summed E-state index contributed by atoms with van der Waals surface area (Å²) < 4.78 is 5.10. The van der Waals surface area contributed by atoms with E-state index < -0.39 is 5.97 Å². The molecule has 1 spiro atoms. The molecular formula is C13H17N3O3. The summed E-state index contributed by atoms with van der Waals surface area (Å²) in [7, 11) is 1.57. The number of carbonyl (C=O) groups is 1. The SMILES string of the molecule is COc1cc(N2CCC(C(=O)O)C3(CC3)C2)ncn1. The minimum Gasteiger partial charge on any atom is -0.481 e. The van der Waals surface area contributed by atoms with Crippen LogP contribution in [0.3, 0.4) is 0 Å². The molecule has 19 heavy (non-hydrogen) atoms. The first-order valence-electron chi connectivity index (χ1n) is 6.48. The highest BCUT2D eigenvalue weighted by Gasteiger charge is 2.55. The largest absolute Gasteiger partial charge is 0.481 e. The first-order chi connectivity index (χ1) is 9.14. The van der Waals surface area contributed by atoms with Gasteiger partial charge >= 0.3 is 5.97 Å². The molecule has 1 unspecified atom stereocenters. The predicted octanol–water partition coefficient (Wildman–Crippen LogP) is 1.18. The van der Waals surface area contributed by atoms with Crippen molar-refractivity contribution in [2.75, 3.05) is 25.1 Å². The molecule has 0 aromatic carbocycles. The average Bonchev–Trinajstić information content (AvgIpc) is 3.18. The van der Waals surface area contributed by atoms with Crippen LogP contribution in [0.15, 0.2) is 12.4 Å². The predicted molar refractivity (Wildman–Crippen MR) is 68.2 cm³/mol. The molecule has 6 heteroatoms. The van der Waals surface area contributed by atoms with Gasteiger partial charge in [-0.15, -0.1) is 0 Å². The zero-order valence-corrected chi connectivity index (χ0v) is 10.9. The second kappa shape index (κ2) is 4.36. The molecule has 0 radical (unpaired) electrons. The molecule has 3 rings (SSSR count). The molecule has 1 atom stereocenters. The zero-order valence-electron chi connectivity index (χ0n) is 10.9. The number of hydrogen-bond acceptors (Lipinski definition) is 5. The lowest BCUT2D eigenvalue weighted by Crippen LogP contribution is -2.45. The molecule has 1 saturated carbocycles. The number of methoxy groups -OCH3 is 1. The lowest BCUT2D eigenvalue weighted by atomic mass is 9.82. The van der Waals surface area contributed by atoms with Gasteiger partial charge in [-0.3, -0.25) is 4.79 Å². The molecule has 1 aliphatic carbocycles. The maximum absolute atomic E-state index is 11.3. The number of rotatable bonds is 3. The zero-order chi connectivity index (χ0) is 13.5. The Kier molecular flexibility index (Phi) is 2.80. The van der Waals surface area contributed by atoms with Crippen LogP contribution in [0, 0.1) is 11.3 Å². The van der Waals surface area contributed by atoms with Gasteiger partial charge in [0.25, 0.3) is 0 Å². The number of nitrogens with zero attached hydrogens (tertiary/aromatic N) is 3. The number of aromatic nitrogens is 2. The van der Waals surface area contributed by atoms with E-state index >= 15 is 0 Å². The van der Waals surface area contributed by atoms with Gasteiger partial charge in [0.2, 0.25) is 5.88 Å². The third-order valence-electron chi connectivity index (χ3n) is 4.28. The van der Waals surface area contributed by atoms with Crippen LogP contribution in [-0.2, 0) is 4.79 Å². The fraction of sp³-hybridized carbons (Fsp3) is 0.615. The number of ether oxygens (including phenoxy) is 1. The minimum atomic E-state index is -0.655. The number of aliphatic carboxylic acids is 1. The van der Waals surface area contributed by atoms with Gasteiger partial charge in [-0.05, 0) is 19.3 Å². The summed E-state index contributed by atoms with van der Waals surface area (Å²) in [4.78, 5) is 21.7. The van der Waals surface area contributed by atoms with Gasteiger partial charge in [0.15, 0.2) is 0 Å². The monoisotopic (exact) mass is 263 g/mol. The maximum Gasteiger partial charge on any atom is 0.307 e. The Balaban J connectivity index is 1.79. The third kappa shape index (κ3) is 2.11. The normalized spacial score (nSPS) is 24.3. The summed E-state index contributed by atoms with van der Waals surface area (Å²) in [5.41, 5.74) is -0.0394. The van der Waals surface area contributed by atoms with Crippen molar-refractivity contribution in [1.29, 1.82) is 0 Å². The molecule has 1 aromatic rings. The fourth-order valence-corrected chi connectivity index (χ4v) is 3.02. The molecule has 6 nitrogen and oxygen atoms in total. The summed E-state index contributed by atoms with van der Waals surface area (Å²) in [6.07, 6.45) is 4.17. The van der Waals surface area contributed by atoms with Crippen molar-refractivity contribution in [3.05, 3.63) is 12.4 Å². The quantitative estimate of drug-likeness (QED) is 0.882. The molecule has 1 saturated heterocycles. The van der Waals surface area contributed by atoms with Crippen molar-refractivity contribution in [1.82, 2.24) is 9.97 Å². The Labute approximate surface area is 111 Å². The topological polar surface area (TPSA) is 75.5 Å². The Bertz CT molecular complexity index is 502. The van der Waals surface area contributed by atoms with Crippen molar-refractivity contribution in [2.45, 2.75) is 19.3 Å². The van der Waals surface area contributed by atoms with Crippen molar-refractivity contribution in [3.8, 4) is 5.88 Å². The first kappa shape index (κ1) is 12.2. The van der Waals surface area contributed by atoms with Gasteiger partial charge in [0.1, 0.15) is 12.1 Å². The van der Waals surface area contributed by atoms with Crippen molar-refractivity contribution < 1.29 is 14.6 Å². The van der Waals surface area contributed by atoms with E-state index in [2.05, 4.69) is 14.9 Å². The Hall–Kier alpha value is -1.85.